The first-order valence-electron chi connectivity index (χ1n) is 14.4. The van der Waals surface area contributed by atoms with E-state index in [9.17, 15) is 4.79 Å². The molecule has 0 saturated carbocycles. The summed E-state index contributed by atoms with van der Waals surface area (Å²) in [5.74, 6) is 1.23. The van der Waals surface area contributed by atoms with Gasteiger partial charge in [-0.25, -0.2) is 14.5 Å². The second kappa shape index (κ2) is 9.40. The third-order valence-electron chi connectivity index (χ3n) is 8.16. The number of fused-ring (bicyclic) bond motifs is 10. The monoisotopic (exact) mass is 566 g/mol. The molecule has 4 heterocycles. The van der Waals surface area contributed by atoms with Gasteiger partial charge in [0.05, 0.1) is 22.1 Å². The molecule has 4 aromatic heterocycles. The Morgan fingerprint density at radius 3 is 1.64 bits per heavy atom. The first kappa shape index (κ1) is 24.4. The molecular formula is C37H22N6O. The van der Waals surface area contributed by atoms with E-state index < -0.39 is 0 Å². The van der Waals surface area contributed by atoms with Gasteiger partial charge in [0.2, 0.25) is 5.95 Å². The maximum atomic E-state index is 14.7. The number of nitrogens with zero attached hydrogens (tertiary/aromatic N) is 6. The summed E-state index contributed by atoms with van der Waals surface area (Å²) in [7, 11) is 0. The Kier molecular flexibility index (Phi) is 5.21. The second-order valence-corrected chi connectivity index (χ2v) is 10.7. The number of benzene rings is 5. The van der Waals surface area contributed by atoms with Gasteiger partial charge in [0, 0.05) is 32.7 Å². The lowest BCUT2D eigenvalue weighted by Crippen LogP contribution is -2.23. The zero-order valence-corrected chi connectivity index (χ0v) is 23.3. The van der Waals surface area contributed by atoms with E-state index >= 15 is 0 Å². The third kappa shape index (κ3) is 3.53. The van der Waals surface area contributed by atoms with Crippen LogP contribution in [0, 0.1) is 0 Å². The van der Waals surface area contributed by atoms with Crippen molar-refractivity contribution in [2.75, 3.05) is 0 Å². The van der Waals surface area contributed by atoms with E-state index in [1.807, 2.05) is 121 Å². The Morgan fingerprint density at radius 2 is 0.977 bits per heavy atom. The van der Waals surface area contributed by atoms with Crippen molar-refractivity contribution in [3.8, 4) is 28.7 Å². The van der Waals surface area contributed by atoms with Crippen LogP contribution < -0.4 is 5.56 Å². The quantitative estimate of drug-likeness (QED) is 0.206. The Bertz CT molecular complexity index is 2570. The highest BCUT2D eigenvalue weighted by Gasteiger charge is 2.23. The van der Waals surface area contributed by atoms with Gasteiger partial charge in [0.25, 0.3) is 5.56 Å². The molecule has 0 amide bonds. The summed E-state index contributed by atoms with van der Waals surface area (Å²) < 4.78 is 3.83. The summed E-state index contributed by atoms with van der Waals surface area (Å²) in [6.45, 7) is 0. The average Bonchev–Trinajstić information content (AvgIpc) is 3.49. The van der Waals surface area contributed by atoms with Crippen LogP contribution in [-0.4, -0.2) is 28.9 Å². The lowest BCUT2D eigenvalue weighted by molar-refractivity contribution is 0.907. The minimum Gasteiger partial charge on any atom is -0.290 e. The van der Waals surface area contributed by atoms with Gasteiger partial charge in [0.1, 0.15) is 5.65 Å². The molecule has 206 valence electrons. The van der Waals surface area contributed by atoms with Gasteiger partial charge in [-0.15, -0.1) is 0 Å². The van der Waals surface area contributed by atoms with Crippen LogP contribution in [0.25, 0.3) is 78.0 Å². The largest absolute Gasteiger partial charge is 0.290 e. The number of hydrogen-bond acceptors (Lipinski definition) is 5. The number of pyridine rings is 2. The zero-order chi connectivity index (χ0) is 29.2. The van der Waals surface area contributed by atoms with E-state index in [0.717, 1.165) is 49.5 Å². The molecule has 7 nitrogen and oxygen atoms in total. The van der Waals surface area contributed by atoms with Crippen molar-refractivity contribution in [1.82, 2.24) is 28.9 Å². The molecule has 0 radical (unpaired) electrons. The van der Waals surface area contributed by atoms with E-state index in [4.69, 9.17) is 19.9 Å². The Labute approximate surface area is 250 Å². The molecule has 5 aromatic carbocycles. The van der Waals surface area contributed by atoms with Gasteiger partial charge in [-0.05, 0) is 18.2 Å². The molecular weight excluding hydrogens is 544 g/mol. The second-order valence-electron chi connectivity index (χ2n) is 10.7. The fraction of sp³-hybridized carbons (Fsp3) is 0. The van der Waals surface area contributed by atoms with Gasteiger partial charge in [0.15, 0.2) is 11.6 Å². The fourth-order valence-corrected chi connectivity index (χ4v) is 6.21. The summed E-state index contributed by atoms with van der Waals surface area (Å²) in [5, 5.41) is 3.22. The third-order valence-corrected chi connectivity index (χ3v) is 8.16. The average molecular weight is 567 g/mol. The van der Waals surface area contributed by atoms with Crippen LogP contribution in [-0.2, 0) is 0 Å². The molecule has 0 aliphatic rings. The smallest absolute Gasteiger partial charge is 0.266 e. The predicted molar refractivity (Wildman–Crippen MR) is 175 cm³/mol. The maximum Gasteiger partial charge on any atom is 0.266 e. The van der Waals surface area contributed by atoms with E-state index in [1.54, 1.807) is 4.57 Å². The van der Waals surface area contributed by atoms with Crippen LogP contribution in [0.4, 0.5) is 0 Å². The minimum atomic E-state index is -0.203. The normalized spacial score (nSPS) is 11.7. The Balaban J connectivity index is 1.53. The summed E-state index contributed by atoms with van der Waals surface area (Å²) in [6, 6.07) is 43.5. The van der Waals surface area contributed by atoms with Crippen LogP contribution in [0.1, 0.15) is 0 Å². The molecule has 0 spiro atoms. The number of hydrogen-bond donors (Lipinski definition) is 0. The highest BCUT2D eigenvalue weighted by molar-refractivity contribution is 6.19. The van der Waals surface area contributed by atoms with E-state index in [1.165, 1.54) is 0 Å². The minimum absolute atomic E-state index is 0.203. The van der Waals surface area contributed by atoms with Crippen molar-refractivity contribution >= 4 is 49.3 Å². The molecule has 0 aliphatic heterocycles. The van der Waals surface area contributed by atoms with Crippen molar-refractivity contribution in [3.63, 3.8) is 0 Å². The molecule has 0 N–H and O–H groups in total. The topological polar surface area (TPSA) is 78.0 Å². The summed E-state index contributed by atoms with van der Waals surface area (Å²) in [6.07, 6.45) is 0. The van der Waals surface area contributed by atoms with Gasteiger partial charge in [-0.1, -0.05) is 115 Å². The molecule has 0 saturated heterocycles. The summed E-state index contributed by atoms with van der Waals surface area (Å²) in [5.41, 5.74) is 5.71. The Morgan fingerprint density at radius 1 is 0.455 bits per heavy atom. The van der Waals surface area contributed by atoms with E-state index in [2.05, 4.69) is 16.5 Å². The molecule has 0 atom stereocenters. The van der Waals surface area contributed by atoms with Gasteiger partial charge in [-0.3, -0.25) is 9.20 Å². The number of rotatable bonds is 3. The van der Waals surface area contributed by atoms with E-state index in [-0.39, 0.29) is 11.5 Å². The molecule has 0 unspecified atom stereocenters. The molecule has 0 bridgehead atoms. The van der Waals surface area contributed by atoms with Crippen molar-refractivity contribution in [2.24, 2.45) is 0 Å². The van der Waals surface area contributed by atoms with E-state index in [0.29, 0.717) is 22.6 Å². The highest BCUT2D eigenvalue weighted by atomic mass is 16.1. The predicted octanol–water partition coefficient (Wildman–Crippen LogP) is 7.62. The van der Waals surface area contributed by atoms with Crippen molar-refractivity contribution < 1.29 is 0 Å². The summed E-state index contributed by atoms with van der Waals surface area (Å²) >= 11 is 0. The molecule has 0 aliphatic carbocycles. The van der Waals surface area contributed by atoms with Crippen LogP contribution in [0.15, 0.2) is 138 Å². The van der Waals surface area contributed by atoms with Crippen LogP contribution in [0.3, 0.4) is 0 Å². The van der Waals surface area contributed by atoms with Crippen LogP contribution in [0.2, 0.25) is 0 Å². The number of para-hydroxylation sites is 2. The molecule has 9 aromatic rings. The fourth-order valence-electron chi connectivity index (χ4n) is 6.21. The van der Waals surface area contributed by atoms with Crippen LogP contribution in [0.5, 0.6) is 0 Å². The van der Waals surface area contributed by atoms with Crippen molar-refractivity contribution in [3.05, 3.63) is 144 Å². The van der Waals surface area contributed by atoms with Crippen LogP contribution >= 0.6 is 0 Å². The molecule has 9 rings (SSSR count). The standard InChI is InChI=1S/C37H22N6O/c44-36-28-20-10-8-18-26(28)31-32(25-17-7-9-19-27(25)35-38-29-21-11-12-22-30(29)42(31)35)43(36)37-40-33(23-13-3-1-4-14-23)39-34(41-37)24-15-5-2-6-16-24/h1-22H. The molecule has 0 fully saturated rings. The first-order valence-corrected chi connectivity index (χ1v) is 14.4. The lowest BCUT2D eigenvalue weighted by Gasteiger charge is -2.17. The number of imidazole rings is 1. The molecule has 44 heavy (non-hydrogen) atoms. The number of aromatic nitrogens is 6. The SMILES string of the molecule is O=c1c2ccccc2c2c(c3ccccc3c3nc4ccccc4n32)n1-c1nc(-c2ccccc2)nc(-c2ccccc2)n1. The van der Waals surface area contributed by atoms with Gasteiger partial charge in [-0.2, -0.15) is 9.97 Å². The van der Waals surface area contributed by atoms with Crippen molar-refractivity contribution in [2.45, 2.75) is 0 Å². The highest BCUT2D eigenvalue weighted by Crippen LogP contribution is 2.36. The first-order chi connectivity index (χ1) is 21.8. The summed E-state index contributed by atoms with van der Waals surface area (Å²) in [4.78, 5) is 34.5. The Hall–Kier alpha value is -6.21. The molecule has 7 heteroatoms. The lowest BCUT2D eigenvalue weighted by atomic mass is 10.0. The van der Waals surface area contributed by atoms with Gasteiger partial charge >= 0.3 is 0 Å². The van der Waals surface area contributed by atoms with Crippen molar-refractivity contribution in [1.29, 1.82) is 0 Å². The van der Waals surface area contributed by atoms with Gasteiger partial charge < -0.3 is 0 Å². The maximum absolute atomic E-state index is 14.7. The zero-order valence-electron chi connectivity index (χ0n) is 23.3.